The highest BCUT2D eigenvalue weighted by Gasteiger charge is 2.31. The van der Waals surface area contributed by atoms with Gasteiger partial charge in [0.15, 0.2) is 0 Å². The Labute approximate surface area is 109 Å². The van der Waals surface area contributed by atoms with Crippen LogP contribution in [0.2, 0.25) is 0 Å². The first-order valence-electron chi connectivity index (χ1n) is 7.03. The molecule has 3 heterocycles. The average molecular weight is 249 g/mol. The fourth-order valence-corrected chi connectivity index (χ4v) is 2.97. The molecule has 0 aromatic carbocycles. The number of nitrogens with one attached hydrogen (secondary N) is 1. The molecule has 0 unspecified atom stereocenters. The van der Waals surface area contributed by atoms with Gasteiger partial charge in [0.2, 0.25) is 0 Å². The highest BCUT2D eigenvalue weighted by atomic mass is 15.3. The molecule has 0 amide bonds. The molecular formula is C13H23N5. The van der Waals surface area contributed by atoms with E-state index in [2.05, 4.69) is 38.8 Å². The third kappa shape index (κ3) is 2.17. The topological polar surface area (TPSA) is 46.0 Å². The number of rotatable bonds is 2. The molecule has 0 saturated carbocycles. The van der Waals surface area contributed by atoms with Crippen LogP contribution in [-0.2, 0) is 19.5 Å². The second-order valence-electron chi connectivity index (χ2n) is 6.05. The van der Waals surface area contributed by atoms with Gasteiger partial charge in [0.05, 0.1) is 6.54 Å². The second kappa shape index (κ2) is 4.63. The van der Waals surface area contributed by atoms with E-state index in [-0.39, 0.29) is 5.54 Å². The lowest BCUT2D eigenvalue weighted by molar-refractivity contribution is 0.0784. The van der Waals surface area contributed by atoms with Crippen LogP contribution in [-0.4, -0.2) is 44.8 Å². The van der Waals surface area contributed by atoms with E-state index >= 15 is 0 Å². The van der Waals surface area contributed by atoms with E-state index in [1.165, 1.54) is 18.7 Å². The van der Waals surface area contributed by atoms with Crippen molar-refractivity contribution in [2.45, 2.75) is 51.7 Å². The number of fused-ring (bicyclic) bond motifs is 1. The number of hydrogen-bond donors (Lipinski definition) is 1. The lowest BCUT2D eigenvalue weighted by atomic mass is 10.0. The molecule has 0 aliphatic carbocycles. The minimum Gasteiger partial charge on any atom is -0.314 e. The van der Waals surface area contributed by atoms with Crippen LogP contribution < -0.4 is 5.32 Å². The van der Waals surface area contributed by atoms with Gasteiger partial charge >= 0.3 is 0 Å². The lowest BCUT2D eigenvalue weighted by Crippen LogP contribution is -2.57. The van der Waals surface area contributed by atoms with Gasteiger partial charge < -0.3 is 9.88 Å². The maximum Gasteiger partial charge on any atom is 0.147 e. The average Bonchev–Trinajstić information content (AvgIpc) is 2.75. The van der Waals surface area contributed by atoms with Crippen LogP contribution in [0.25, 0.3) is 0 Å². The SMILES string of the molecule is CC1(C)CNCCN1Cc1nnc2n1CCCC2. The molecule has 18 heavy (non-hydrogen) atoms. The molecular weight excluding hydrogens is 226 g/mol. The number of hydrogen-bond acceptors (Lipinski definition) is 4. The first-order valence-corrected chi connectivity index (χ1v) is 7.03. The van der Waals surface area contributed by atoms with Gasteiger partial charge in [0.1, 0.15) is 11.6 Å². The maximum absolute atomic E-state index is 4.41. The lowest BCUT2D eigenvalue weighted by Gasteiger charge is -2.42. The van der Waals surface area contributed by atoms with Crippen molar-refractivity contribution >= 4 is 0 Å². The van der Waals surface area contributed by atoms with E-state index in [4.69, 9.17) is 0 Å². The molecule has 5 heteroatoms. The van der Waals surface area contributed by atoms with Gasteiger partial charge in [-0.2, -0.15) is 0 Å². The summed E-state index contributed by atoms with van der Waals surface area (Å²) in [7, 11) is 0. The largest absolute Gasteiger partial charge is 0.314 e. The van der Waals surface area contributed by atoms with Crippen LogP contribution in [0, 0.1) is 0 Å². The van der Waals surface area contributed by atoms with Crippen molar-refractivity contribution < 1.29 is 0 Å². The summed E-state index contributed by atoms with van der Waals surface area (Å²) in [6.07, 6.45) is 3.62. The first kappa shape index (κ1) is 12.1. The smallest absolute Gasteiger partial charge is 0.147 e. The molecule has 1 fully saturated rings. The van der Waals surface area contributed by atoms with E-state index in [0.717, 1.165) is 45.0 Å². The minimum absolute atomic E-state index is 0.208. The van der Waals surface area contributed by atoms with Gasteiger partial charge in [-0.05, 0) is 26.7 Å². The molecule has 0 bridgehead atoms. The highest BCUT2D eigenvalue weighted by molar-refractivity contribution is 5.01. The van der Waals surface area contributed by atoms with Gasteiger partial charge in [-0.3, -0.25) is 4.90 Å². The van der Waals surface area contributed by atoms with Crippen molar-refractivity contribution in [3.63, 3.8) is 0 Å². The van der Waals surface area contributed by atoms with Crippen molar-refractivity contribution in [2.24, 2.45) is 0 Å². The Balaban J connectivity index is 1.77. The summed E-state index contributed by atoms with van der Waals surface area (Å²) >= 11 is 0. The summed E-state index contributed by atoms with van der Waals surface area (Å²) in [5.41, 5.74) is 0.208. The van der Waals surface area contributed by atoms with Crippen molar-refractivity contribution in [1.29, 1.82) is 0 Å². The molecule has 2 aliphatic rings. The number of aryl methyl sites for hydroxylation is 1. The predicted octanol–water partition coefficient (Wildman–Crippen LogP) is 0.798. The fourth-order valence-electron chi connectivity index (χ4n) is 2.97. The highest BCUT2D eigenvalue weighted by Crippen LogP contribution is 2.21. The van der Waals surface area contributed by atoms with Crippen LogP contribution in [0.15, 0.2) is 0 Å². The summed E-state index contributed by atoms with van der Waals surface area (Å²) in [4.78, 5) is 2.52. The van der Waals surface area contributed by atoms with Gasteiger partial charge in [-0.25, -0.2) is 0 Å². The number of aromatic nitrogens is 3. The maximum atomic E-state index is 4.41. The molecule has 0 spiro atoms. The van der Waals surface area contributed by atoms with Crippen molar-refractivity contribution in [3.8, 4) is 0 Å². The Bertz CT molecular complexity index is 423. The van der Waals surface area contributed by atoms with Crippen LogP contribution in [0.5, 0.6) is 0 Å². The van der Waals surface area contributed by atoms with E-state index in [0.29, 0.717) is 0 Å². The fraction of sp³-hybridized carbons (Fsp3) is 0.846. The third-order valence-electron chi connectivity index (χ3n) is 4.24. The monoisotopic (exact) mass is 249 g/mol. The Morgan fingerprint density at radius 2 is 2.11 bits per heavy atom. The molecule has 1 aromatic heterocycles. The van der Waals surface area contributed by atoms with E-state index in [9.17, 15) is 0 Å². The van der Waals surface area contributed by atoms with Crippen molar-refractivity contribution in [1.82, 2.24) is 25.0 Å². The van der Waals surface area contributed by atoms with E-state index in [1.807, 2.05) is 0 Å². The van der Waals surface area contributed by atoms with Crippen LogP contribution >= 0.6 is 0 Å². The first-order chi connectivity index (χ1) is 8.67. The number of nitrogens with zero attached hydrogens (tertiary/aromatic N) is 4. The van der Waals surface area contributed by atoms with Crippen LogP contribution in [0.1, 0.15) is 38.3 Å². The van der Waals surface area contributed by atoms with Crippen molar-refractivity contribution in [2.75, 3.05) is 19.6 Å². The standard InChI is InChI=1S/C13H23N5/c1-13(2)10-14-6-8-17(13)9-12-16-15-11-5-3-4-7-18(11)12/h14H,3-10H2,1-2H3. The van der Waals surface area contributed by atoms with Gasteiger partial charge in [-0.1, -0.05) is 0 Å². The molecule has 3 rings (SSSR count). The Kier molecular flexibility index (Phi) is 3.11. The summed E-state index contributed by atoms with van der Waals surface area (Å²) in [5, 5.41) is 12.2. The van der Waals surface area contributed by atoms with Gasteiger partial charge in [-0.15, -0.1) is 10.2 Å². The zero-order valence-electron chi connectivity index (χ0n) is 11.4. The molecule has 1 saturated heterocycles. The van der Waals surface area contributed by atoms with E-state index < -0.39 is 0 Å². The summed E-state index contributed by atoms with van der Waals surface area (Å²) in [5.74, 6) is 2.34. The molecule has 2 aliphatic heterocycles. The van der Waals surface area contributed by atoms with Crippen LogP contribution in [0.4, 0.5) is 0 Å². The Hall–Kier alpha value is -0.940. The molecule has 0 atom stereocenters. The van der Waals surface area contributed by atoms with E-state index in [1.54, 1.807) is 0 Å². The summed E-state index contributed by atoms with van der Waals surface area (Å²) in [6, 6.07) is 0. The molecule has 0 radical (unpaired) electrons. The Morgan fingerprint density at radius 3 is 2.94 bits per heavy atom. The number of piperazine rings is 1. The van der Waals surface area contributed by atoms with Gasteiger partial charge in [0, 0.05) is 38.1 Å². The van der Waals surface area contributed by atoms with Crippen LogP contribution in [0.3, 0.4) is 0 Å². The van der Waals surface area contributed by atoms with Crippen molar-refractivity contribution in [3.05, 3.63) is 11.6 Å². The summed E-state index contributed by atoms with van der Waals surface area (Å²) < 4.78 is 2.33. The Morgan fingerprint density at radius 1 is 1.22 bits per heavy atom. The molecule has 1 aromatic rings. The second-order valence-corrected chi connectivity index (χ2v) is 6.05. The zero-order chi connectivity index (χ0) is 12.6. The minimum atomic E-state index is 0.208. The molecule has 100 valence electrons. The van der Waals surface area contributed by atoms with Gasteiger partial charge in [0.25, 0.3) is 0 Å². The quantitative estimate of drug-likeness (QED) is 0.842. The summed E-state index contributed by atoms with van der Waals surface area (Å²) in [6.45, 7) is 9.85. The molecule has 1 N–H and O–H groups in total. The normalized spacial score (nSPS) is 23.9. The third-order valence-corrected chi connectivity index (χ3v) is 4.24. The molecule has 5 nitrogen and oxygen atoms in total. The predicted molar refractivity (Wildman–Crippen MR) is 70.3 cm³/mol. The zero-order valence-corrected chi connectivity index (χ0v) is 11.4.